The zero-order valence-electron chi connectivity index (χ0n) is 20.4. The smallest absolute Gasteiger partial charge is 0.331 e. The first-order valence-corrected chi connectivity index (χ1v) is 11.8. The normalized spacial score (nSPS) is 14.2. The Morgan fingerprint density at radius 2 is 1.68 bits per heavy atom. The zero-order chi connectivity index (χ0) is 26.0. The van der Waals surface area contributed by atoms with Crippen molar-refractivity contribution >= 4 is 22.3 Å². The van der Waals surface area contributed by atoms with Gasteiger partial charge in [-0.2, -0.15) is 0 Å². The largest absolute Gasteiger partial charge is 0.371 e. The van der Waals surface area contributed by atoms with E-state index in [9.17, 15) is 19.7 Å². The Kier molecular flexibility index (Phi) is 4.91. The van der Waals surface area contributed by atoms with Crippen LogP contribution in [0.5, 0.6) is 0 Å². The Hall–Kier alpha value is -4.92. The molecule has 0 radical (unpaired) electrons. The summed E-state index contributed by atoms with van der Waals surface area (Å²) in [7, 11) is 3.13. The summed E-state index contributed by atoms with van der Waals surface area (Å²) >= 11 is 0. The number of nitrogens with one attached hydrogen (secondary N) is 1. The molecule has 37 heavy (non-hydrogen) atoms. The van der Waals surface area contributed by atoms with Crippen LogP contribution in [-0.4, -0.2) is 18.6 Å². The van der Waals surface area contributed by atoms with E-state index in [4.69, 9.17) is 0 Å². The lowest BCUT2D eigenvalue weighted by molar-refractivity contribution is -0.384. The molecule has 5 aromatic rings. The molecule has 6 rings (SSSR count). The molecule has 3 heterocycles. The molecular weight excluding hydrogens is 470 g/mol. The number of aryl methyl sites for hydroxylation is 2. The molecule has 9 nitrogen and oxygen atoms in total. The predicted molar refractivity (Wildman–Crippen MR) is 142 cm³/mol. The first-order valence-electron chi connectivity index (χ1n) is 11.8. The number of nitro benzene ring substituents is 1. The maximum absolute atomic E-state index is 13.7. The molecule has 0 fully saturated rings. The second-order valence-corrected chi connectivity index (χ2v) is 9.31. The first-order chi connectivity index (χ1) is 17.8. The molecule has 0 aliphatic carbocycles. The van der Waals surface area contributed by atoms with Gasteiger partial charge in [-0.25, -0.2) is 4.79 Å². The van der Waals surface area contributed by atoms with Crippen LogP contribution in [0, 0.1) is 17.0 Å². The van der Waals surface area contributed by atoms with E-state index in [1.54, 1.807) is 13.1 Å². The van der Waals surface area contributed by atoms with Crippen molar-refractivity contribution in [1.82, 2.24) is 13.7 Å². The fourth-order valence-corrected chi connectivity index (χ4v) is 5.35. The van der Waals surface area contributed by atoms with Gasteiger partial charge in [-0.05, 0) is 36.2 Å². The molecule has 0 amide bonds. The summed E-state index contributed by atoms with van der Waals surface area (Å²) in [6.45, 7) is 1.99. The maximum Gasteiger partial charge on any atom is 0.331 e. The van der Waals surface area contributed by atoms with E-state index in [1.165, 1.54) is 23.7 Å². The van der Waals surface area contributed by atoms with Crippen molar-refractivity contribution in [2.75, 3.05) is 5.32 Å². The minimum Gasteiger partial charge on any atom is -0.371 e. The summed E-state index contributed by atoms with van der Waals surface area (Å²) < 4.78 is 4.63. The quantitative estimate of drug-likeness (QED) is 0.296. The number of hydrogen-bond donors (Lipinski definition) is 1. The van der Waals surface area contributed by atoms with Crippen molar-refractivity contribution in [2.45, 2.75) is 13.0 Å². The molecule has 1 N–H and O–H groups in total. The lowest BCUT2D eigenvalue weighted by atomic mass is 9.99. The van der Waals surface area contributed by atoms with Crippen molar-refractivity contribution in [3.63, 3.8) is 0 Å². The lowest BCUT2D eigenvalue weighted by Gasteiger charge is -2.31. The zero-order valence-corrected chi connectivity index (χ0v) is 20.4. The molecule has 2 aromatic heterocycles. The van der Waals surface area contributed by atoms with Gasteiger partial charge in [0, 0.05) is 26.2 Å². The molecule has 1 unspecified atom stereocenters. The van der Waals surface area contributed by atoms with Gasteiger partial charge in [-0.15, -0.1) is 0 Å². The Bertz CT molecular complexity index is 1880. The molecule has 9 heteroatoms. The number of para-hydroxylation sites is 2. The topological polar surface area (TPSA) is 104 Å². The second-order valence-electron chi connectivity index (χ2n) is 9.31. The van der Waals surface area contributed by atoms with Gasteiger partial charge in [0.05, 0.1) is 44.6 Å². The summed E-state index contributed by atoms with van der Waals surface area (Å²) in [6, 6.07) is 21.5. The van der Waals surface area contributed by atoms with Crippen LogP contribution in [0.2, 0.25) is 0 Å². The first kappa shape index (κ1) is 22.5. The van der Waals surface area contributed by atoms with Gasteiger partial charge >= 0.3 is 5.69 Å². The van der Waals surface area contributed by atoms with Gasteiger partial charge in [0.1, 0.15) is 0 Å². The number of anilines is 1. The highest BCUT2D eigenvalue weighted by molar-refractivity contribution is 5.99. The fraction of sp³-hybridized carbons (Fsp3) is 0.143. The number of nitro groups is 1. The van der Waals surface area contributed by atoms with E-state index >= 15 is 0 Å². The van der Waals surface area contributed by atoms with E-state index in [0.717, 1.165) is 27.1 Å². The number of benzene rings is 3. The Morgan fingerprint density at radius 3 is 2.43 bits per heavy atom. The summed E-state index contributed by atoms with van der Waals surface area (Å²) in [5.41, 5.74) is 5.09. The van der Waals surface area contributed by atoms with Crippen molar-refractivity contribution in [2.24, 2.45) is 14.1 Å². The minimum atomic E-state index is -0.562. The third kappa shape index (κ3) is 3.24. The van der Waals surface area contributed by atoms with Crippen LogP contribution in [-0.2, 0) is 14.1 Å². The van der Waals surface area contributed by atoms with E-state index < -0.39 is 22.2 Å². The highest BCUT2D eigenvalue weighted by atomic mass is 16.6. The Morgan fingerprint density at radius 1 is 0.919 bits per heavy atom. The van der Waals surface area contributed by atoms with E-state index in [2.05, 4.69) is 5.32 Å². The second kappa shape index (κ2) is 8.06. The lowest BCUT2D eigenvalue weighted by Crippen LogP contribution is -2.37. The van der Waals surface area contributed by atoms with Gasteiger partial charge in [-0.3, -0.25) is 24.0 Å². The molecule has 0 saturated carbocycles. The van der Waals surface area contributed by atoms with Crippen LogP contribution < -0.4 is 16.6 Å². The number of hydrogen-bond acceptors (Lipinski definition) is 5. The summed E-state index contributed by atoms with van der Waals surface area (Å²) in [5, 5.41) is 15.5. The van der Waals surface area contributed by atoms with E-state index in [-0.39, 0.29) is 5.69 Å². The molecule has 1 atom stereocenters. The van der Waals surface area contributed by atoms with Gasteiger partial charge in [0.25, 0.3) is 11.2 Å². The molecule has 0 saturated heterocycles. The summed E-state index contributed by atoms with van der Waals surface area (Å²) in [4.78, 5) is 38.0. The third-order valence-electron chi connectivity index (χ3n) is 7.03. The molecular formula is C28H23N5O4. The van der Waals surface area contributed by atoms with Crippen molar-refractivity contribution in [3.05, 3.63) is 121 Å². The highest BCUT2D eigenvalue weighted by Gasteiger charge is 2.35. The third-order valence-corrected chi connectivity index (χ3v) is 7.03. The molecule has 1 aliphatic heterocycles. The van der Waals surface area contributed by atoms with Crippen LogP contribution in [0.4, 0.5) is 11.4 Å². The van der Waals surface area contributed by atoms with Crippen LogP contribution >= 0.6 is 0 Å². The van der Waals surface area contributed by atoms with Crippen molar-refractivity contribution in [3.8, 4) is 16.9 Å². The van der Waals surface area contributed by atoms with E-state index in [1.807, 2.05) is 66.1 Å². The molecule has 0 spiro atoms. The maximum atomic E-state index is 13.7. The number of fused-ring (bicyclic) bond motifs is 5. The molecule has 184 valence electrons. The number of aromatic nitrogens is 3. The average Bonchev–Trinajstić information content (AvgIpc) is 3.27. The minimum absolute atomic E-state index is 0.0377. The molecule has 1 aliphatic rings. The molecule has 3 aromatic carbocycles. The predicted octanol–water partition coefficient (Wildman–Crippen LogP) is 4.43. The number of non-ortho nitro benzene ring substituents is 1. The number of nitrogens with zero attached hydrogens (tertiary/aromatic N) is 4. The monoisotopic (exact) mass is 493 g/mol. The van der Waals surface area contributed by atoms with Crippen LogP contribution in [0.3, 0.4) is 0 Å². The summed E-state index contributed by atoms with van der Waals surface area (Å²) in [6.07, 6.45) is 0. The van der Waals surface area contributed by atoms with Crippen LogP contribution in [0.25, 0.3) is 27.8 Å². The average molecular weight is 494 g/mol. The van der Waals surface area contributed by atoms with Gasteiger partial charge in [0.15, 0.2) is 0 Å². The molecule has 0 bridgehead atoms. The SMILES string of the molecule is Cc1cccc(-c2c3c(=O)n(C)c(=O)n(C)c3c3n2-c2ccccc2NC3c2cccc([N+](=O)[O-])c2)c1. The van der Waals surface area contributed by atoms with Crippen LogP contribution in [0.15, 0.2) is 82.4 Å². The van der Waals surface area contributed by atoms with Gasteiger partial charge in [-0.1, -0.05) is 48.0 Å². The van der Waals surface area contributed by atoms with Crippen molar-refractivity contribution in [1.29, 1.82) is 0 Å². The van der Waals surface area contributed by atoms with Crippen molar-refractivity contribution < 1.29 is 4.92 Å². The van der Waals surface area contributed by atoms with Crippen LogP contribution in [0.1, 0.15) is 22.9 Å². The van der Waals surface area contributed by atoms with Gasteiger partial charge < -0.3 is 9.88 Å². The summed E-state index contributed by atoms with van der Waals surface area (Å²) in [5.74, 6) is 0. The fourth-order valence-electron chi connectivity index (χ4n) is 5.35. The Balaban J connectivity index is 1.84. The van der Waals surface area contributed by atoms with Gasteiger partial charge in [0.2, 0.25) is 0 Å². The number of rotatable bonds is 3. The van der Waals surface area contributed by atoms with E-state index in [0.29, 0.717) is 27.9 Å². The highest BCUT2D eigenvalue weighted by Crippen LogP contribution is 2.45. The Labute approximate surface area is 211 Å². The standard InChI is InChI=1S/C28H23N5O4/c1-16-8-6-10-18(14-16)24-22-25(30(2)28(35)31(3)27(22)34)26-23(17-9-7-11-19(15-17)33(36)37)29-20-12-4-5-13-21(20)32(24)26/h4-15,23,29H,1-3H3.